The first-order valence-electron chi connectivity index (χ1n) is 9.94. The van der Waals surface area contributed by atoms with Crippen LogP contribution in [0.25, 0.3) is 0 Å². The lowest BCUT2D eigenvalue weighted by atomic mass is 9.80. The number of rotatable bonds is 5. The Hall–Kier alpha value is -0.240. The molecule has 2 heterocycles. The molecule has 2 saturated heterocycles. The van der Waals surface area contributed by atoms with Crippen molar-refractivity contribution < 1.29 is 19.9 Å². The predicted molar refractivity (Wildman–Crippen MR) is 105 cm³/mol. The summed E-state index contributed by atoms with van der Waals surface area (Å²) in [5.41, 5.74) is -0.713. The highest BCUT2D eigenvalue weighted by molar-refractivity contribution is 4.97. The van der Waals surface area contributed by atoms with Crippen LogP contribution in [0.15, 0.2) is 0 Å². The summed E-state index contributed by atoms with van der Waals surface area (Å²) in [5.74, 6) is 0. The number of piperidine rings is 2. The first-order valence-corrected chi connectivity index (χ1v) is 9.94. The third-order valence-electron chi connectivity index (χ3n) is 6.12. The molecule has 2 aliphatic heterocycles. The molecule has 0 unspecified atom stereocenters. The van der Waals surface area contributed by atoms with Crippen molar-refractivity contribution in [1.82, 2.24) is 10.1 Å². The molecular formula is C20H42N2O4+2. The SMILES string of the molecule is CC1(C)CC(OCCOC2CC(C)(C)N([OH2+])C(C)(C)C2)CC(C)(C)N1[OH2+]. The number of hydroxylamine groups is 4. The molecule has 2 fully saturated rings. The topological polar surface area (TPSA) is 70.7 Å². The Labute approximate surface area is 159 Å². The molecule has 6 heteroatoms. The zero-order valence-corrected chi connectivity index (χ0v) is 18.1. The van der Waals surface area contributed by atoms with E-state index in [0.29, 0.717) is 13.2 Å². The molecule has 2 aliphatic rings. The molecule has 0 aliphatic carbocycles. The van der Waals surface area contributed by atoms with Gasteiger partial charge in [0.05, 0.1) is 47.6 Å². The second-order valence-corrected chi connectivity index (χ2v) is 10.7. The van der Waals surface area contributed by atoms with Crippen LogP contribution in [0.2, 0.25) is 0 Å². The fraction of sp³-hybridized carbons (Fsp3) is 1.00. The maximum absolute atomic E-state index is 8.34. The summed E-state index contributed by atoms with van der Waals surface area (Å²) in [6.07, 6.45) is 3.84. The summed E-state index contributed by atoms with van der Waals surface area (Å²) in [5, 5.41) is 20.1. The Morgan fingerprint density at radius 2 is 0.846 bits per heavy atom. The second kappa shape index (κ2) is 7.30. The fourth-order valence-corrected chi connectivity index (χ4v) is 5.04. The summed E-state index contributed by atoms with van der Waals surface area (Å²) >= 11 is 0. The molecule has 0 spiro atoms. The third kappa shape index (κ3) is 4.78. The Morgan fingerprint density at radius 1 is 0.615 bits per heavy atom. The van der Waals surface area contributed by atoms with Crippen LogP contribution in [0.4, 0.5) is 0 Å². The molecule has 0 aromatic heterocycles. The summed E-state index contributed by atoms with van der Waals surface area (Å²) in [4.78, 5) is 0. The van der Waals surface area contributed by atoms with Gasteiger partial charge in [0.25, 0.3) is 0 Å². The minimum absolute atomic E-state index is 0.174. The van der Waals surface area contributed by atoms with Gasteiger partial charge in [0.15, 0.2) is 0 Å². The molecule has 0 aromatic rings. The lowest BCUT2D eigenvalue weighted by Gasteiger charge is -2.48. The van der Waals surface area contributed by atoms with E-state index >= 15 is 0 Å². The van der Waals surface area contributed by atoms with Gasteiger partial charge in [-0.05, 0) is 81.1 Å². The molecule has 26 heavy (non-hydrogen) atoms. The normalized spacial score (nSPS) is 29.8. The average Bonchev–Trinajstić information content (AvgIpc) is 2.45. The van der Waals surface area contributed by atoms with Gasteiger partial charge in [-0.25, -0.2) is 0 Å². The predicted octanol–water partition coefficient (Wildman–Crippen LogP) is 2.34. The van der Waals surface area contributed by atoms with Crippen molar-refractivity contribution in [3.05, 3.63) is 0 Å². The van der Waals surface area contributed by atoms with E-state index in [1.54, 1.807) is 10.1 Å². The summed E-state index contributed by atoms with van der Waals surface area (Å²) < 4.78 is 12.3. The van der Waals surface area contributed by atoms with E-state index < -0.39 is 0 Å². The summed E-state index contributed by atoms with van der Waals surface area (Å²) in [6, 6.07) is 0. The molecule has 0 amide bonds. The van der Waals surface area contributed by atoms with E-state index in [9.17, 15) is 0 Å². The summed E-state index contributed by atoms with van der Waals surface area (Å²) in [6.45, 7) is 18.1. The largest absolute Gasteiger partial charge is 0.376 e. The van der Waals surface area contributed by atoms with E-state index in [1.807, 2.05) is 0 Å². The number of nitrogens with zero attached hydrogens (tertiary/aromatic N) is 2. The van der Waals surface area contributed by atoms with E-state index in [1.165, 1.54) is 0 Å². The number of ether oxygens (including phenoxy) is 2. The van der Waals surface area contributed by atoms with Crippen LogP contribution in [-0.2, 0) is 9.47 Å². The molecule has 4 N–H and O–H groups in total. The quantitative estimate of drug-likeness (QED) is 0.547. The van der Waals surface area contributed by atoms with Crippen LogP contribution >= 0.6 is 0 Å². The zero-order chi connectivity index (χ0) is 20.0. The van der Waals surface area contributed by atoms with Crippen LogP contribution in [-0.4, -0.2) is 68.1 Å². The minimum Gasteiger partial charge on any atom is -0.376 e. The van der Waals surface area contributed by atoms with Gasteiger partial charge in [0, 0.05) is 0 Å². The van der Waals surface area contributed by atoms with Crippen LogP contribution < -0.4 is 0 Å². The Morgan fingerprint density at radius 3 is 1.08 bits per heavy atom. The second-order valence-electron chi connectivity index (χ2n) is 10.7. The van der Waals surface area contributed by atoms with Gasteiger partial charge in [-0.1, -0.05) is 10.1 Å². The van der Waals surface area contributed by atoms with Gasteiger partial charge in [-0.15, -0.1) is 0 Å². The standard InChI is InChI=1S/C20H40N2O4/c1-17(2)11-15(12-18(3,4)21(17)23)25-9-10-26-16-13-19(5,6)22(24)20(7,8)14-16/h15-16,23-24H,9-14H2,1-8H3/p+2. The smallest absolute Gasteiger partial charge is 0.0859 e. The summed E-state index contributed by atoms with van der Waals surface area (Å²) in [7, 11) is 0. The van der Waals surface area contributed by atoms with E-state index in [4.69, 9.17) is 19.9 Å². The van der Waals surface area contributed by atoms with Crippen LogP contribution in [0.3, 0.4) is 0 Å². The molecule has 0 bridgehead atoms. The number of hydrogen-bond donors (Lipinski definition) is 0. The van der Waals surface area contributed by atoms with Gasteiger partial charge >= 0.3 is 0 Å². The average molecular weight is 375 g/mol. The van der Waals surface area contributed by atoms with Gasteiger partial charge in [0.1, 0.15) is 0 Å². The van der Waals surface area contributed by atoms with Gasteiger partial charge in [-0.2, -0.15) is 0 Å². The van der Waals surface area contributed by atoms with Crippen molar-refractivity contribution in [2.45, 2.75) is 115 Å². The van der Waals surface area contributed by atoms with Crippen LogP contribution in [0, 0.1) is 0 Å². The Kier molecular flexibility index (Phi) is 6.19. The third-order valence-corrected chi connectivity index (χ3v) is 6.12. The number of hydrogen-bond acceptors (Lipinski definition) is 4. The van der Waals surface area contributed by atoms with Crippen molar-refractivity contribution in [2.75, 3.05) is 13.2 Å². The molecule has 2 rings (SSSR count). The van der Waals surface area contributed by atoms with Gasteiger partial charge in [-0.3, -0.25) is 0 Å². The van der Waals surface area contributed by atoms with E-state index in [-0.39, 0.29) is 34.4 Å². The lowest BCUT2D eigenvalue weighted by molar-refractivity contribution is -0.266. The van der Waals surface area contributed by atoms with Crippen molar-refractivity contribution in [1.29, 1.82) is 0 Å². The van der Waals surface area contributed by atoms with Gasteiger partial charge < -0.3 is 19.9 Å². The molecule has 154 valence electrons. The maximum atomic E-state index is 8.34. The molecule has 0 saturated carbocycles. The van der Waals surface area contributed by atoms with Crippen molar-refractivity contribution >= 4 is 0 Å². The fourth-order valence-electron chi connectivity index (χ4n) is 5.04. The Balaban J connectivity index is 1.80. The van der Waals surface area contributed by atoms with Gasteiger partial charge in [0.2, 0.25) is 0 Å². The molecule has 0 atom stereocenters. The highest BCUT2D eigenvalue weighted by atomic mass is 16.5. The first-order chi connectivity index (χ1) is 11.7. The monoisotopic (exact) mass is 374 g/mol. The van der Waals surface area contributed by atoms with E-state index in [0.717, 1.165) is 25.7 Å². The lowest BCUT2D eigenvalue weighted by Crippen LogP contribution is -2.61. The highest BCUT2D eigenvalue weighted by Gasteiger charge is 2.50. The maximum Gasteiger partial charge on any atom is 0.0859 e. The van der Waals surface area contributed by atoms with Crippen LogP contribution in [0.1, 0.15) is 81.1 Å². The Bertz CT molecular complexity index is 410. The van der Waals surface area contributed by atoms with Crippen molar-refractivity contribution in [3.63, 3.8) is 0 Å². The van der Waals surface area contributed by atoms with Crippen LogP contribution in [0.5, 0.6) is 0 Å². The molecule has 0 radical (unpaired) electrons. The highest BCUT2D eigenvalue weighted by Crippen LogP contribution is 2.39. The molecular weight excluding hydrogens is 332 g/mol. The molecule has 6 nitrogen and oxygen atoms in total. The van der Waals surface area contributed by atoms with Crippen molar-refractivity contribution in [3.8, 4) is 0 Å². The van der Waals surface area contributed by atoms with Crippen molar-refractivity contribution in [2.24, 2.45) is 0 Å². The first kappa shape index (κ1) is 22.1. The van der Waals surface area contributed by atoms with E-state index in [2.05, 4.69) is 55.4 Å². The minimum atomic E-state index is -0.178. The zero-order valence-electron chi connectivity index (χ0n) is 18.1. The molecule has 0 aromatic carbocycles.